The van der Waals surface area contributed by atoms with Crippen molar-refractivity contribution in [1.29, 1.82) is 5.26 Å². The Kier molecular flexibility index (Phi) is 4.84. The number of aromatic nitrogens is 5. The number of pyridine rings is 1. The van der Waals surface area contributed by atoms with Gasteiger partial charge in [0.05, 0.1) is 41.7 Å². The Balaban J connectivity index is 1.75. The molecule has 0 atom stereocenters. The van der Waals surface area contributed by atoms with Gasteiger partial charge in [-0.15, -0.1) is 0 Å². The molecule has 0 amide bonds. The maximum Gasteiger partial charge on any atom is 0.0924 e. The van der Waals surface area contributed by atoms with Crippen LogP contribution in [0.2, 0.25) is 0 Å². The van der Waals surface area contributed by atoms with Gasteiger partial charge in [-0.2, -0.15) is 15.5 Å². The molecule has 4 aromatic rings. The van der Waals surface area contributed by atoms with Crippen molar-refractivity contribution in [2.75, 3.05) is 0 Å². The van der Waals surface area contributed by atoms with Gasteiger partial charge in [0, 0.05) is 18.0 Å². The summed E-state index contributed by atoms with van der Waals surface area (Å²) in [4.78, 5) is 12.0. The standard InChI is InChI=1S/C21H18N6/c22-8-1-2-15-4-6-19-18(10-15)17(5-3-16-7-9-25-26-12-16)11-20(27-19)21-13-23-14-24-21/h4,6-7,9-14H,1-3,5H2,(H,23,24). The van der Waals surface area contributed by atoms with Gasteiger partial charge in [-0.05, 0) is 60.2 Å². The summed E-state index contributed by atoms with van der Waals surface area (Å²) in [6, 6.07) is 12.6. The molecular formula is C21H18N6. The van der Waals surface area contributed by atoms with Crippen molar-refractivity contribution in [2.45, 2.75) is 25.7 Å². The molecule has 0 saturated carbocycles. The molecule has 0 bridgehead atoms. The first-order valence-corrected chi connectivity index (χ1v) is 8.87. The van der Waals surface area contributed by atoms with E-state index in [4.69, 9.17) is 10.2 Å². The molecule has 0 spiro atoms. The van der Waals surface area contributed by atoms with E-state index in [0.29, 0.717) is 6.42 Å². The van der Waals surface area contributed by atoms with E-state index in [-0.39, 0.29) is 0 Å². The van der Waals surface area contributed by atoms with Crippen molar-refractivity contribution in [1.82, 2.24) is 25.1 Å². The molecule has 1 aromatic carbocycles. The molecule has 6 nitrogen and oxygen atoms in total. The van der Waals surface area contributed by atoms with Crippen LogP contribution in [0.3, 0.4) is 0 Å². The number of hydrogen-bond donors (Lipinski definition) is 1. The van der Waals surface area contributed by atoms with E-state index in [2.05, 4.69) is 44.4 Å². The SMILES string of the molecule is N#CCCc1ccc2nc(-c3cnc[nH]3)cc(CCc3ccnnc3)c2c1. The monoisotopic (exact) mass is 354 g/mol. The Morgan fingerprint density at radius 1 is 0.963 bits per heavy atom. The third kappa shape index (κ3) is 3.82. The fourth-order valence-corrected chi connectivity index (χ4v) is 3.18. The number of rotatable bonds is 6. The second-order valence-electron chi connectivity index (χ2n) is 6.39. The summed E-state index contributed by atoms with van der Waals surface area (Å²) in [5, 5.41) is 17.8. The molecule has 3 heterocycles. The average molecular weight is 354 g/mol. The van der Waals surface area contributed by atoms with Crippen LogP contribution in [0.5, 0.6) is 0 Å². The summed E-state index contributed by atoms with van der Waals surface area (Å²) in [5.74, 6) is 0. The van der Waals surface area contributed by atoms with Crippen LogP contribution in [0.1, 0.15) is 23.1 Å². The molecule has 3 aromatic heterocycles. The quantitative estimate of drug-likeness (QED) is 0.570. The minimum Gasteiger partial charge on any atom is -0.343 e. The summed E-state index contributed by atoms with van der Waals surface area (Å²) in [7, 11) is 0. The van der Waals surface area contributed by atoms with E-state index >= 15 is 0 Å². The van der Waals surface area contributed by atoms with Crippen LogP contribution < -0.4 is 0 Å². The molecule has 0 aliphatic carbocycles. The topological polar surface area (TPSA) is 91.1 Å². The molecule has 27 heavy (non-hydrogen) atoms. The lowest BCUT2D eigenvalue weighted by Gasteiger charge is -2.11. The van der Waals surface area contributed by atoms with Crippen molar-refractivity contribution < 1.29 is 0 Å². The second kappa shape index (κ2) is 7.75. The van der Waals surface area contributed by atoms with Crippen molar-refractivity contribution in [3.63, 3.8) is 0 Å². The molecule has 0 aliphatic heterocycles. The van der Waals surface area contributed by atoms with E-state index in [1.54, 1.807) is 24.9 Å². The molecule has 132 valence electrons. The van der Waals surface area contributed by atoms with Crippen molar-refractivity contribution in [3.05, 3.63) is 71.9 Å². The van der Waals surface area contributed by atoms with Gasteiger partial charge in [0.2, 0.25) is 0 Å². The molecule has 0 unspecified atom stereocenters. The third-order valence-corrected chi connectivity index (χ3v) is 4.59. The van der Waals surface area contributed by atoms with Crippen molar-refractivity contribution >= 4 is 10.9 Å². The maximum atomic E-state index is 8.87. The summed E-state index contributed by atoms with van der Waals surface area (Å²) in [6.07, 6.45) is 9.98. The van der Waals surface area contributed by atoms with Gasteiger partial charge in [0.25, 0.3) is 0 Å². The molecule has 4 rings (SSSR count). The lowest BCUT2D eigenvalue weighted by atomic mass is 9.98. The van der Waals surface area contributed by atoms with Crippen LogP contribution in [-0.2, 0) is 19.3 Å². The van der Waals surface area contributed by atoms with E-state index < -0.39 is 0 Å². The first-order valence-electron chi connectivity index (χ1n) is 8.87. The van der Waals surface area contributed by atoms with Crippen molar-refractivity contribution in [3.8, 4) is 17.5 Å². The Bertz CT molecular complexity index is 1080. The number of nitriles is 1. The third-order valence-electron chi connectivity index (χ3n) is 4.59. The minimum absolute atomic E-state index is 0.517. The second-order valence-corrected chi connectivity index (χ2v) is 6.39. The first-order chi connectivity index (χ1) is 13.3. The van der Waals surface area contributed by atoms with E-state index in [0.717, 1.165) is 52.7 Å². The number of H-pyrrole nitrogens is 1. The smallest absolute Gasteiger partial charge is 0.0924 e. The number of benzene rings is 1. The number of aromatic amines is 1. The molecule has 0 radical (unpaired) electrons. The van der Waals surface area contributed by atoms with Crippen LogP contribution in [0.25, 0.3) is 22.3 Å². The van der Waals surface area contributed by atoms with E-state index in [1.165, 1.54) is 5.56 Å². The highest BCUT2D eigenvalue weighted by Crippen LogP contribution is 2.26. The Morgan fingerprint density at radius 3 is 2.70 bits per heavy atom. The molecule has 0 saturated heterocycles. The first kappa shape index (κ1) is 16.9. The highest BCUT2D eigenvalue weighted by atomic mass is 15.1. The van der Waals surface area contributed by atoms with Gasteiger partial charge in [-0.3, -0.25) is 0 Å². The van der Waals surface area contributed by atoms with Gasteiger partial charge in [0.1, 0.15) is 0 Å². The number of aryl methyl sites for hydroxylation is 3. The lowest BCUT2D eigenvalue weighted by molar-refractivity contribution is 0.922. The minimum atomic E-state index is 0.517. The van der Waals surface area contributed by atoms with Crippen LogP contribution in [0.4, 0.5) is 0 Å². The normalized spacial score (nSPS) is 10.8. The zero-order valence-corrected chi connectivity index (χ0v) is 14.8. The number of nitrogens with one attached hydrogen (secondary N) is 1. The summed E-state index contributed by atoms with van der Waals surface area (Å²) in [6.45, 7) is 0. The number of nitrogens with zero attached hydrogens (tertiary/aromatic N) is 5. The van der Waals surface area contributed by atoms with Crippen LogP contribution >= 0.6 is 0 Å². The zero-order chi connectivity index (χ0) is 18.5. The zero-order valence-electron chi connectivity index (χ0n) is 14.8. The Hall–Kier alpha value is -3.59. The van der Waals surface area contributed by atoms with Gasteiger partial charge >= 0.3 is 0 Å². The number of fused-ring (bicyclic) bond motifs is 1. The number of imidazole rings is 1. The van der Waals surface area contributed by atoms with Crippen molar-refractivity contribution in [2.24, 2.45) is 0 Å². The van der Waals surface area contributed by atoms with Crippen LogP contribution in [0.15, 0.2) is 55.2 Å². The number of hydrogen-bond acceptors (Lipinski definition) is 5. The van der Waals surface area contributed by atoms with Crippen LogP contribution in [-0.4, -0.2) is 25.1 Å². The fourth-order valence-electron chi connectivity index (χ4n) is 3.18. The van der Waals surface area contributed by atoms with E-state index in [9.17, 15) is 0 Å². The molecule has 6 heteroatoms. The van der Waals surface area contributed by atoms with Gasteiger partial charge in [-0.1, -0.05) is 6.07 Å². The lowest BCUT2D eigenvalue weighted by Crippen LogP contribution is -1.98. The predicted octanol–water partition coefficient (Wildman–Crippen LogP) is 3.66. The summed E-state index contributed by atoms with van der Waals surface area (Å²) >= 11 is 0. The highest BCUT2D eigenvalue weighted by Gasteiger charge is 2.10. The largest absolute Gasteiger partial charge is 0.343 e. The molecule has 1 N–H and O–H groups in total. The van der Waals surface area contributed by atoms with Gasteiger partial charge < -0.3 is 4.98 Å². The molecule has 0 fully saturated rings. The Morgan fingerprint density at radius 2 is 1.93 bits per heavy atom. The predicted molar refractivity (Wildman–Crippen MR) is 103 cm³/mol. The fraction of sp³-hybridized carbons (Fsp3) is 0.190. The summed E-state index contributed by atoms with van der Waals surface area (Å²) < 4.78 is 0. The highest BCUT2D eigenvalue weighted by molar-refractivity contribution is 5.85. The van der Waals surface area contributed by atoms with E-state index in [1.807, 2.05) is 12.1 Å². The maximum absolute atomic E-state index is 8.87. The molecule has 0 aliphatic rings. The molecular weight excluding hydrogens is 336 g/mol. The Labute approximate surface area is 157 Å². The van der Waals surface area contributed by atoms with Gasteiger partial charge in [0.15, 0.2) is 0 Å². The average Bonchev–Trinajstić information content (AvgIpc) is 3.26. The summed E-state index contributed by atoms with van der Waals surface area (Å²) in [5.41, 5.74) is 6.27. The van der Waals surface area contributed by atoms with Crippen LogP contribution in [0, 0.1) is 11.3 Å². The van der Waals surface area contributed by atoms with Gasteiger partial charge in [-0.25, -0.2) is 9.97 Å².